The number of hydrogen-bond acceptors (Lipinski definition) is 3. The van der Waals surface area contributed by atoms with Crippen molar-refractivity contribution in [2.45, 2.75) is 0 Å². The third kappa shape index (κ3) is 4.06. The predicted octanol–water partition coefficient (Wildman–Crippen LogP) is 1.09. The second-order valence-corrected chi connectivity index (χ2v) is 2.23. The zero-order valence-corrected chi connectivity index (χ0v) is 8.01. The Kier molecular flexibility index (Phi) is 5.58. The van der Waals surface area contributed by atoms with Crippen LogP contribution in [-0.2, 0) is 26.3 Å². The summed E-state index contributed by atoms with van der Waals surface area (Å²) in [5.74, 6) is -1.97. The van der Waals surface area contributed by atoms with E-state index in [1.807, 2.05) is 0 Å². The van der Waals surface area contributed by atoms with Crippen molar-refractivity contribution < 1.29 is 36.2 Å². The van der Waals surface area contributed by atoms with Gasteiger partial charge in [-0.1, -0.05) is 18.2 Å². The number of carboxylic acid groups (broad SMARTS) is 1. The molecule has 0 aliphatic carbocycles. The Morgan fingerprint density at radius 3 is 2.29 bits per heavy atom. The van der Waals surface area contributed by atoms with Crippen LogP contribution in [0, 0.1) is 6.61 Å². The average Bonchev–Trinajstić information content (AvgIpc) is 2.15. The molecule has 2 radical (unpaired) electrons. The molecule has 0 bridgehead atoms. The molecule has 14 heavy (non-hydrogen) atoms. The topological polar surface area (TPSA) is 63.6 Å². The molecule has 0 amide bonds. The molecule has 0 heterocycles. The Bertz CT molecular complexity index is 310. The van der Waals surface area contributed by atoms with Crippen LogP contribution in [0.1, 0.15) is 10.4 Å². The van der Waals surface area contributed by atoms with E-state index in [0.29, 0.717) is 12.2 Å². The van der Waals surface area contributed by atoms with Crippen molar-refractivity contribution in [1.82, 2.24) is 0 Å². The van der Waals surface area contributed by atoms with E-state index < -0.39 is 11.9 Å². The SMILES string of the molecule is O=C(O)[CH]OC(=O)c1ccccc1.[Co]. The van der Waals surface area contributed by atoms with E-state index in [4.69, 9.17) is 5.11 Å². The molecule has 0 aromatic heterocycles. The quantitative estimate of drug-likeness (QED) is 0.800. The number of carbonyl (C=O) groups is 2. The van der Waals surface area contributed by atoms with Gasteiger partial charge in [-0.25, -0.2) is 9.59 Å². The number of benzene rings is 1. The van der Waals surface area contributed by atoms with Crippen LogP contribution in [0.3, 0.4) is 0 Å². The van der Waals surface area contributed by atoms with Gasteiger partial charge in [0.05, 0.1) is 5.56 Å². The summed E-state index contributed by atoms with van der Waals surface area (Å²) in [6, 6.07) is 8.16. The van der Waals surface area contributed by atoms with Crippen LogP contribution in [0.2, 0.25) is 0 Å². The molecule has 1 aromatic carbocycles. The molecule has 0 saturated heterocycles. The van der Waals surface area contributed by atoms with Gasteiger partial charge < -0.3 is 9.84 Å². The van der Waals surface area contributed by atoms with E-state index in [1.165, 1.54) is 12.1 Å². The normalized spacial score (nSPS) is 8.57. The number of hydrogen-bond donors (Lipinski definition) is 1. The third-order valence-electron chi connectivity index (χ3n) is 1.28. The molecular weight excluding hydrogens is 231 g/mol. The van der Waals surface area contributed by atoms with Gasteiger partial charge in [0.15, 0.2) is 0 Å². The van der Waals surface area contributed by atoms with Gasteiger partial charge in [0.25, 0.3) is 0 Å². The average molecular weight is 238 g/mol. The first-order valence-corrected chi connectivity index (χ1v) is 3.52. The zero-order valence-electron chi connectivity index (χ0n) is 6.97. The summed E-state index contributed by atoms with van der Waals surface area (Å²) in [6.07, 6.45) is 0. The fourth-order valence-electron chi connectivity index (χ4n) is 0.746. The minimum atomic E-state index is -1.29. The largest absolute Gasteiger partial charge is 0.478 e. The summed E-state index contributed by atoms with van der Waals surface area (Å²) in [7, 11) is 0. The number of carboxylic acids is 1. The van der Waals surface area contributed by atoms with Crippen molar-refractivity contribution in [2.75, 3.05) is 0 Å². The van der Waals surface area contributed by atoms with Gasteiger partial charge in [-0.15, -0.1) is 0 Å². The Hall–Kier alpha value is -1.33. The number of aliphatic carboxylic acids is 1. The summed E-state index contributed by atoms with van der Waals surface area (Å²) >= 11 is 0. The molecule has 4 nitrogen and oxygen atoms in total. The van der Waals surface area contributed by atoms with Crippen LogP contribution in [0.5, 0.6) is 0 Å². The fraction of sp³-hybridized carbons (Fsp3) is 0. The molecular formula is C9H7CoO4. The Balaban J connectivity index is 0.00000169. The minimum Gasteiger partial charge on any atom is -0.478 e. The first-order chi connectivity index (χ1) is 6.20. The van der Waals surface area contributed by atoms with E-state index in [2.05, 4.69) is 4.74 Å². The maximum absolute atomic E-state index is 11.0. The molecule has 0 aliphatic rings. The molecule has 0 fully saturated rings. The molecule has 1 rings (SSSR count). The maximum Gasteiger partial charge on any atom is 0.349 e. The van der Waals surface area contributed by atoms with Crippen LogP contribution in [0.15, 0.2) is 30.3 Å². The standard InChI is InChI=1S/C9H7O4.Co/c10-8(11)6-13-9(12)7-4-2-1-3-5-7;/h1-6H,(H,10,11);. The summed E-state index contributed by atoms with van der Waals surface area (Å²) in [6.45, 7) is 0.454. The Labute approximate surface area is 91.1 Å². The molecule has 0 atom stereocenters. The number of esters is 1. The van der Waals surface area contributed by atoms with Crippen molar-refractivity contribution in [3.05, 3.63) is 42.5 Å². The second kappa shape index (κ2) is 6.17. The van der Waals surface area contributed by atoms with Gasteiger partial charge in [0.1, 0.15) is 0 Å². The van der Waals surface area contributed by atoms with Crippen molar-refractivity contribution in [1.29, 1.82) is 0 Å². The van der Waals surface area contributed by atoms with Crippen LogP contribution < -0.4 is 0 Å². The second-order valence-electron chi connectivity index (χ2n) is 2.23. The molecule has 1 aromatic rings. The Morgan fingerprint density at radius 1 is 1.21 bits per heavy atom. The smallest absolute Gasteiger partial charge is 0.349 e. The van der Waals surface area contributed by atoms with Crippen LogP contribution >= 0.6 is 0 Å². The van der Waals surface area contributed by atoms with Crippen molar-refractivity contribution in [3.8, 4) is 0 Å². The van der Waals surface area contributed by atoms with Crippen molar-refractivity contribution >= 4 is 11.9 Å². The summed E-state index contributed by atoms with van der Waals surface area (Å²) < 4.78 is 4.33. The van der Waals surface area contributed by atoms with E-state index in [0.717, 1.165) is 0 Å². The van der Waals surface area contributed by atoms with Gasteiger partial charge in [-0.3, -0.25) is 0 Å². The molecule has 76 valence electrons. The molecule has 0 spiro atoms. The molecule has 0 saturated carbocycles. The van der Waals surface area contributed by atoms with Crippen LogP contribution in [-0.4, -0.2) is 17.0 Å². The van der Waals surface area contributed by atoms with E-state index in [-0.39, 0.29) is 16.8 Å². The van der Waals surface area contributed by atoms with Gasteiger partial charge in [0, 0.05) is 16.8 Å². The van der Waals surface area contributed by atoms with Gasteiger partial charge in [-0.2, -0.15) is 0 Å². The van der Waals surface area contributed by atoms with E-state index in [1.54, 1.807) is 18.2 Å². The monoisotopic (exact) mass is 238 g/mol. The molecule has 0 unspecified atom stereocenters. The van der Waals surface area contributed by atoms with E-state index in [9.17, 15) is 9.59 Å². The molecule has 0 aliphatic heterocycles. The van der Waals surface area contributed by atoms with Crippen molar-refractivity contribution in [3.63, 3.8) is 0 Å². The fourth-order valence-corrected chi connectivity index (χ4v) is 0.746. The third-order valence-corrected chi connectivity index (χ3v) is 1.28. The minimum absolute atomic E-state index is 0. The molecule has 1 N–H and O–H groups in total. The van der Waals surface area contributed by atoms with Crippen LogP contribution in [0.25, 0.3) is 0 Å². The zero-order chi connectivity index (χ0) is 9.68. The maximum atomic E-state index is 11.0. The van der Waals surface area contributed by atoms with Gasteiger partial charge in [0.2, 0.25) is 6.61 Å². The Morgan fingerprint density at radius 2 is 1.79 bits per heavy atom. The van der Waals surface area contributed by atoms with E-state index >= 15 is 0 Å². The molecule has 5 heteroatoms. The first kappa shape index (κ1) is 12.7. The summed E-state index contributed by atoms with van der Waals surface area (Å²) in [5, 5.41) is 8.18. The number of carbonyl (C=O) groups excluding carboxylic acids is 1. The summed E-state index contributed by atoms with van der Waals surface area (Å²) in [5.41, 5.74) is 0.319. The predicted molar refractivity (Wildman–Crippen MR) is 43.8 cm³/mol. The van der Waals surface area contributed by atoms with Crippen LogP contribution in [0.4, 0.5) is 0 Å². The van der Waals surface area contributed by atoms with Gasteiger partial charge >= 0.3 is 11.9 Å². The first-order valence-electron chi connectivity index (χ1n) is 3.52. The van der Waals surface area contributed by atoms with Crippen molar-refractivity contribution in [2.24, 2.45) is 0 Å². The number of rotatable bonds is 3. The van der Waals surface area contributed by atoms with Gasteiger partial charge in [-0.05, 0) is 12.1 Å². The summed E-state index contributed by atoms with van der Waals surface area (Å²) in [4.78, 5) is 21.0. The number of ether oxygens (including phenoxy) is 1.